The fraction of sp³-hybridized carbons (Fsp3) is 0.571. The van der Waals surface area contributed by atoms with E-state index in [0.717, 1.165) is 31.6 Å². The maximum atomic E-state index is 13.1. The smallest absolute Gasteiger partial charge is 0.123 e. The summed E-state index contributed by atoms with van der Waals surface area (Å²) in [5.41, 5.74) is 6.90. The molecule has 5 heteroatoms. The van der Waals surface area contributed by atoms with Gasteiger partial charge in [0.1, 0.15) is 5.82 Å². The van der Waals surface area contributed by atoms with Crippen LogP contribution in [0.4, 0.5) is 4.39 Å². The summed E-state index contributed by atoms with van der Waals surface area (Å²) in [7, 11) is 0. The number of aliphatic hydroxyl groups excluding tert-OH is 1. The van der Waals surface area contributed by atoms with Gasteiger partial charge in [0, 0.05) is 25.7 Å². The Kier molecular flexibility index (Phi) is 5.27. The van der Waals surface area contributed by atoms with Crippen LogP contribution in [0.15, 0.2) is 24.3 Å². The molecule has 1 aromatic rings. The summed E-state index contributed by atoms with van der Waals surface area (Å²) in [5, 5.41) is 9.08. The summed E-state index contributed by atoms with van der Waals surface area (Å²) < 4.78 is 18.5. The van der Waals surface area contributed by atoms with E-state index in [4.69, 9.17) is 15.6 Å². The van der Waals surface area contributed by atoms with E-state index >= 15 is 0 Å². The molecule has 106 valence electrons. The monoisotopic (exact) mass is 268 g/mol. The van der Waals surface area contributed by atoms with Gasteiger partial charge in [-0.2, -0.15) is 0 Å². The average molecular weight is 268 g/mol. The summed E-state index contributed by atoms with van der Waals surface area (Å²) >= 11 is 0. The lowest BCUT2D eigenvalue weighted by atomic mass is 10.0. The standard InChI is InChI=1S/C14H21FN2O2/c15-12-3-1-2-11(8-12)14(16)4-5-17-6-7-19-13(9-17)10-18/h1-3,8,13-14,18H,4-7,9-10,16H2. The zero-order chi connectivity index (χ0) is 13.7. The van der Waals surface area contributed by atoms with Gasteiger partial charge in [-0.3, -0.25) is 4.90 Å². The van der Waals surface area contributed by atoms with Gasteiger partial charge in [0.2, 0.25) is 0 Å². The van der Waals surface area contributed by atoms with Crippen molar-refractivity contribution in [1.82, 2.24) is 4.90 Å². The van der Waals surface area contributed by atoms with Crippen LogP contribution >= 0.6 is 0 Å². The highest BCUT2D eigenvalue weighted by molar-refractivity contribution is 5.19. The fourth-order valence-corrected chi connectivity index (χ4v) is 2.32. The third-order valence-corrected chi connectivity index (χ3v) is 3.46. The quantitative estimate of drug-likeness (QED) is 0.833. The lowest BCUT2D eigenvalue weighted by Crippen LogP contribution is -2.44. The van der Waals surface area contributed by atoms with Crippen molar-refractivity contribution >= 4 is 0 Å². The van der Waals surface area contributed by atoms with Crippen molar-refractivity contribution in [3.05, 3.63) is 35.6 Å². The van der Waals surface area contributed by atoms with Gasteiger partial charge in [-0.05, 0) is 24.1 Å². The van der Waals surface area contributed by atoms with E-state index in [1.807, 2.05) is 6.07 Å². The second-order valence-corrected chi connectivity index (χ2v) is 4.93. The van der Waals surface area contributed by atoms with Crippen LogP contribution < -0.4 is 5.73 Å². The van der Waals surface area contributed by atoms with Crippen LogP contribution in [0.2, 0.25) is 0 Å². The molecule has 19 heavy (non-hydrogen) atoms. The van der Waals surface area contributed by atoms with E-state index in [1.165, 1.54) is 12.1 Å². The molecule has 1 fully saturated rings. The second-order valence-electron chi connectivity index (χ2n) is 4.93. The summed E-state index contributed by atoms with van der Waals surface area (Å²) in [6, 6.07) is 6.28. The number of ether oxygens (including phenoxy) is 1. The van der Waals surface area contributed by atoms with Crippen molar-refractivity contribution in [2.75, 3.05) is 32.8 Å². The number of rotatable bonds is 5. The zero-order valence-corrected chi connectivity index (χ0v) is 11.0. The molecule has 3 N–H and O–H groups in total. The molecule has 0 radical (unpaired) electrons. The van der Waals surface area contributed by atoms with E-state index < -0.39 is 0 Å². The zero-order valence-electron chi connectivity index (χ0n) is 11.0. The Hall–Kier alpha value is -1.01. The Morgan fingerprint density at radius 3 is 3.11 bits per heavy atom. The van der Waals surface area contributed by atoms with E-state index in [9.17, 15) is 4.39 Å². The minimum atomic E-state index is -0.250. The van der Waals surface area contributed by atoms with E-state index in [1.54, 1.807) is 6.07 Å². The molecule has 0 saturated carbocycles. The fourth-order valence-electron chi connectivity index (χ4n) is 2.32. The predicted octanol–water partition coefficient (Wildman–Crippen LogP) is 0.909. The van der Waals surface area contributed by atoms with Crippen molar-refractivity contribution in [2.45, 2.75) is 18.6 Å². The molecule has 0 bridgehead atoms. The first kappa shape index (κ1) is 14.4. The van der Waals surface area contributed by atoms with E-state index in [-0.39, 0.29) is 24.6 Å². The molecule has 0 aromatic heterocycles. The summed E-state index contributed by atoms with van der Waals surface area (Å²) in [4.78, 5) is 2.23. The molecular weight excluding hydrogens is 247 g/mol. The third-order valence-electron chi connectivity index (χ3n) is 3.46. The molecule has 2 atom stereocenters. The first-order valence-corrected chi connectivity index (χ1v) is 6.65. The number of nitrogens with two attached hydrogens (primary N) is 1. The lowest BCUT2D eigenvalue weighted by molar-refractivity contribution is -0.0531. The predicted molar refractivity (Wildman–Crippen MR) is 71.2 cm³/mol. The van der Waals surface area contributed by atoms with Crippen LogP contribution in [0.3, 0.4) is 0 Å². The van der Waals surface area contributed by atoms with Crippen LogP contribution in [0.5, 0.6) is 0 Å². The van der Waals surface area contributed by atoms with Crippen molar-refractivity contribution < 1.29 is 14.2 Å². The number of hydrogen-bond acceptors (Lipinski definition) is 4. The van der Waals surface area contributed by atoms with Gasteiger partial charge < -0.3 is 15.6 Å². The van der Waals surface area contributed by atoms with Gasteiger partial charge in [-0.15, -0.1) is 0 Å². The third kappa shape index (κ3) is 4.24. The maximum absolute atomic E-state index is 13.1. The van der Waals surface area contributed by atoms with Crippen molar-refractivity contribution in [2.24, 2.45) is 5.73 Å². The Labute approximate surface area is 113 Å². The lowest BCUT2D eigenvalue weighted by Gasteiger charge is -2.32. The van der Waals surface area contributed by atoms with Crippen LogP contribution in [0.1, 0.15) is 18.0 Å². The van der Waals surface area contributed by atoms with Gasteiger partial charge in [-0.1, -0.05) is 12.1 Å². The number of hydrogen-bond donors (Lipinski definition) is 2. The highest BCUT2D eigenvalue weighted by atomic mass is 19.1. The van der Waals surface area contributed by atoms with Crippen LogP contribution in [-0.4, -0.2) is 49.0 Å². The van der Waals surface area contributed by atoms with Gasteiger partial charge in [-0.25, -0.2) is 4.39 Å². The molecular formula is C14H21FN2O2. The molecule has 2 unspecified atom stereocenters. The molecule has 4 nitrogen and oxygen atoms in total. The molecule has 2 rings (SSSR count). The molecule has 1 saturated heterocycles. The summed E-state index contributed by atoms with van der Waals surface area (Å²) in [6.45, 7) is 3.10. The molecule has 1 aliphatic rings. The average Bonchev–Trinajstić information content (AvgIpc) is 2.45. The minimum Gasteiger partial charge on any atom is -0.394 e. The first-order chi connectivity index (χ1) is 9.19. The van der Waals surface area contributed by atoms with Crippen LogP contribution in [0, 0.1) is 5.82 Å². The Morgan fingerprint density at radius 1 is 1.53 bits per heavy atom. The minimum absolute atomic E-state index is 0.0481. The van der Waals surface area contributed by atoms with Crippen molar-refractivity contribution in [3.8, 4) is 0 Å². The number of benzene rings is 1. The Balaban J connectivity index is 1.81. The molecule has 1 aliphatic heterocycles. The number of aliphatic hydroxyl groups is 1. The van der Waals surface area contributed by atoms with Gasteiger partial charge in [0.15, 0.2) is 0 Å². The van der Waals surface area contributed by atoms with Crippen LogP contribution in [-0.2, 0) is 4.74 Å². The van der Waals surface area contributed by atoms with E-state index in [2.05, 4.69) is 4.90 Å². The molecule has 1 heterocycles. The summed E-state index contributed by atoms with van der Waals surface area (Å²) in [6.07, 6.45) is 0.667. The van der Waals surface area contributed by atoms with Crippen LogP contribution in [0.25, 0.3) is 0 Å². The Morgan fingerprint density at radius 2 is 2.37 bits per heavy atom. The van der Waals surface area contributed by atoms with E-state index in [0.29, 0.717) is 6.61 Å². The van der Waals surface area contributed by atoms with Crippen molar-refractivity contribution in [3.63, 3.8) is 0 Å². The van der Waals surface area contributed by atoms with Gasteiger partial charge in [0.25, 0.3) is 0 Å². The first-order valence-electron chi connectivity index (χ1n) is 6.65. The highest BCUT2D eigenvalue weighted by Gasteiger charge is 2.20. The second kappa shape index (κ2) is 6.96. The molecule has 1 aromatic carbocycles. The number of halogens is 1. The van der Waals surface area contributed by atoms with Gasteiger partial charge in [0.05, 0.1) is 19.3 Å². The highest BCUT2D eigenvalue weighted by Crippen LogP contribution is 2.16. The largest absolute Gasteiger partial charge is 0.394 e. The topological polar surface area (TPSA) is 58.7 Å². The van der Waals surface area contributed by atoms with Gasteiger partial charge >= 0.3 is 0 Å². The summed E-state index contributed by atoms with van der Waals surface area (Å²) in [5.74, 6) is -0.250. The number of nitrogens with zero attached hydrogens (tertiary/aromatic N) is 1. The Bertz CT molecular complexity index is 403. The SMILES string of the molecule is NC(CCN1CCOC(CO)C1)c1cccc(F)c1. The molecule has 0 amide bonds. The number of morpholine rings is 1. The normalized spacial score (nSPS) is 22.4. The maximum Gasteiger partial charge on any atom is 0.123 e. The molecule has 0 spiro atoms. The van der Waals surface area contributed by atoms with Crippen molar-refractivity contribution in [1.29, 1.82) is 0 Å². The molecule has 0 aliphatic carbocycles.